The number of amides is 3. The smallest absolute Gasteiger partial charge is 0.314 e. The second-order valence-electron chi connectivity index (χ2n) is 9.00. The van der Waals surface area contributed by atoms with Crippen LogP contribution in [0, 0.1) is 0 Å². The van der Waals surface area contributed by atoms with Crippen molar-refractivity contribution < 1.29 is 9.59 Å². The molecule has 2 saturated heterocycles. The van der Waals surface area contributed by atoms with Crippen LogP contribution >= 0.6 is 23.8 Å². The molecule has 9 nitrogen and oxygen atoms in total. The molecule has 0 bridgehead atoms. The fraction of sp³-hybridized carbons (Fsp3) is 0.500. The lowest BCUT2D eigenvalue weighted by molar-refractivity contribution is -0.126. The first kappa shape index (κ1) is 26.7. The molecule has 3 heterocycles. The number of nitrogens with zero attached hydrogens (tertiary/aromatic N) is 4. The average molecular weight is 520 g/mol. The molecule has 2 aliphatic heterocycles. The molecule has 0 radical (unpaired) electrons. The number of rotatable bonds is 2. The highest BCUT2D eigenvalue weighted by atomic mass is 35.5. The van der Waals surface area contributed by atoms with Crippen LogP contribution in [0.3, 0.4) is 0 Å². The van der Waals surface area contributed by atoms with E-state index in [4.69, 9.17) is 35.3 Å². The van der Waals surface area contributed by atoms with Crippen molar-refractivity contribution >= 4 is 63.3 Å². The molecule has 3 amide bonds. The van der Waals surface area contributed by atoms with Gasteiger partial charge in [-0.3, -0.25) is 9.69 Å². The number of nitrogens with two attached hydrogens (primary N) is 2. The maximum absolute atomic E-state index is 11.6. The Morgan fingerprint density at radius 1 is 1.11 bits per heavy atom. The van der Waals surface area contributed by atoms with Gasteiger partial charge < -0.3 is 26.6 Å². The van der Waals surface area contributed by atoms with Crippen molar-refractivity contribution in [3.63, 3.8) is 0 Å². The molecule has 5 N–H and O–H groups in total. The van der Waals surface area contributed by atoms with E-state index < -0.39 is 0 Å². The number of carbonyl (C=O) groups excluding carboxylic acids is 2. The highest BCUT2D eigenvalue weighted by Crippen LogP contribution is 2.30. The van der Waals surface area contributed by atoms with Gasteiger partial charge in [0, 0.05) is 67.3 Å². The Hall–Kier alpha value is -2.85. The first-order valence-corrected chi connectivity index (χ1v) is 12.7. The second-order valence-corrected chi connectivity index (χ2v) is 9.82. The molecule has 2 aromatic rings. The molecule has 0 unspecified atom stereocenters. The Balaban J connectivity index is 0.000000214. The van der Waals surface area contributed by atoms with E-state index in [1.54, 1.807) is 15.9 Å². The monoisotopic (exact) mass is 519 g/mol. The van der Waals surface area contributed by atoms with Crippen molar-refractivity contribution in [3.8, 4) is 0 Å². The quantitative estimate of drug-likeness (QED) is 0.520. The van der Waals surface area contributed by atoms with Crippen LogP contribution in [0.4, 0.5) is 16.3 Å². The number of piperazine rings is 1. The van der Waals surface area contributed by atoms with E-state index in [1.807, 2.05) is 32.0 Å². The number of thiocarbonyl (C=S) groups is 1. The zero-order chi connectivity index (χ0) is 25.5. The standard InChI is InChI=1S/C14H16ClN5O.C10H18N2OS/c15-9-1-2-10-11(7-9)18-13(16)8-12(10)19-3-5-20(6-4-19)14(17)21;1-8(2)11-10(14)12-7-5-3-4-6-9(12)13/h1-2,7-8H,3-6H2,(H2,16,18)(H2,17,21);8H,3-7H2,1-2H3,(H,11,14). The third-order valence-corrected chi connectivity index (χ3v) is 6.51. The fourth-order valence-corrected chi connectivity index (χ4v) is 4.75. The number of nitrogens with one attached hydrogen (secondary N) is 1. The Labute approximate surface area is 216 Å². The minimum Gasteiger partial charge on any atom is -0.384 e. The molecule has 190 valence electrons. The minimum absolute atomic E-state index is 0.167. The van der Waals surface area contributed by atoms with E-state index in [9.17, 15) is 9.59 Å². The van der Waals surface area contributed by atoms with E-state index >= 15 is 0 Å². The zero-order valence-electron chi connectivity index (χ0n) is 20.3. The highest BCUT2D eigenvalue weighted by molar-refractivity contribution is 7.80. The molecular formula is C24H34ClN7O2S. The normalized spacial score (nSPS) is 16.6. The molecule has 0 aliphatic carbocycles. The third-order valence-electron chi connectivity index (χ3n) is 5.93. The van der Waals surface area contributed by atoms with Crippen molar-refractivity contribution in [1.82, 2.24) is 20.1 Å². The summed E-state index contributed by atoms with van der Waals surface area (Å²) in [5.74, 6) is 0.623. The molecule has 1 aromatic heterocycles. The Bertz CT molecular complexity index is 1070. The number of primary amides is 1. The Kier molecular flexibility index (Phi) is 9.33. The lowest BCUT2D eigenvalue weighted by atomic mass is 10.1. The van der Waals surface area contributed by atoms with Crippen LogP contribution in [-0.2, 0) is 4.79 Å². The van der Waals surface area contributed by atoms with E-state index in [2.05, 4.69) is 15.2 Å². The molecule has 0 spiro atoms. The van der Waals surface area contributed by atoms with Crippen LogP contribution in [0.25, 0.3) is 10.9 Å². The summed E-state index contributed by atoms with van der Waals surface area (Å²) in [5, 5.41) is 5.33. The van der Waals surface area contributed by atoms with Gasteiger partial charge in [-0.25, -0.2) is 9.78 Å². The van der Waals surface area contributed by atoms with Gasteiger partial charge in [0.25, 0.3) is 0 Å². The number of benzene rings is 1. The van der Waals surface area contributed by atoms with Crippen molar-refractivity contribution in [2.24, 2.45) is 5.73 Å². The largest absolute Gasteiger partial charge is 0.384 e. The number of halogens is 1. The van der Waals surface area contributed by atoms with Gasteiger partial charge in [0.1, 0.15) is 5.82 Å². The molecule has 1 aromatic carbocycles. The third kappa shape index (κ3) is 7.32. The average Bonchev–Trinajstić information content (AvgIpc) is 3.02. The summed E-state index contributed by atoms with van der Waals surface area (Å²) in [6.45, 7) is 7.45. The van der Waals surface area contributed by atoms with Crippen LogP contribution in [0.15, 0.2) is 24.3 Å². The molecule has 35 heavy (non-hydrogen) atoms. The van der Waals surface area contributed by atoms with Crippen molar-refractivity contribution in [2.75, 3.05) is 43.4 Å². The molecule has 4 rings (SSSR count). The number of fused-ring (bicyclic) bond motifs is 1. The van der Waals surface area contributed by atoms with E-state index in [0.29, 0.717) is 54.6 Å². The van der Waals surface area contributed by atoms with Gasteiger partial charge in [-0.2, -0.15) is 0 Å². The molecule has 11 heteroatoms. The van der Waals surface area contributed by atoms with Crippen LogP contribution in [-0.4, -0.2) is 70.6 Å². The number of hydrogen-bond acceptors (Lipinski definition) is 6. The summed E-state index contributed by atoms with van der Waals surface area (Å²) in [7, 11) is 0. The molecule has 2 aliphatic rings. The van der Waals surface area contributed by atoms with Gasteiger partial charge in [0.2, 0.25) is 5.91 Å². The van der Waals surface area contributed by atoms with Gasteiger partial charge in [-0.15, -0.1) is 0 Å². The van der Waals surface area contributed by atoms with Crippen LogP contribution in [0.2, 0.25) is 5.02 Å². The van der Waals surface area contributed by atoms with E-state index in [0.717, 1.165) is 42.4 Å². The first-order chi connectivity index (χ1) is 16.7. The lowest BCUT2D eigenvalue weighted by Crippen LogP contribution is -2.50. The topological polar surface area (TPSA) is 121 Å². The summed E-state index contributed by atoms with van der Waals surface area (Å²) >= 11 is 11.2. The van der Waals surface area contributed by atoms with Crippen LogP contribution < -0.4 is 21.7 Å². The summed E-state index contributed by atoms with van der Waals surface area (Å²) in [4.78, 5) is 32.7. The van der Waals surface area contributed by atoms with Gasteiger partial charge in [0.05, 0.1) is 5.52 Å². The van der Waals surface area contributed by atoms with Crippen molar-refractivity contribution in [2.45, 2.75) is 45.6 Å². The molecule has 0 atom stereocenters. The van der Waals surface area contributed by atoms with Crippen molar-refractivity contribution in [1.29, 1.82) is 0 Å². The van der Waals surface area contributed by atoms with Crippen LogP contribution in [0.1, 0.15) is 39.5 Å². The number of nitrogen functional groups attached to an aromatic ring is 1. The maximum Gasteiger partial charge on any atom is 0.314 e. The van der Waals surface area contributed by atoms with Gasteiger partial charge in [-0.05, 0) is 57.1 Å². The number of anilines is 2. The summed E-state index contributed by atoms with van der Waals surface area (Å²) in [5.41, 5.74) is 13.0. The van der Waals surface area contributed by atoms with Gasteiger partial charge in [0.15, 0.2) is 5.11 Å². The minimum atomic E-state index is -0.375. The number of hydrogen-bond donors (Lipinski definition) is 3. The predicted molar refractivity (Wildman–Crippen MR) is 146 cm³/mol. The number of pyridine rings is 1. The van der Waals surface area contributed by atoms with E-state index in [-0.39, 0.29) is 11.9 Å². The summed E-state index contributed by atoms with van der Waals surface area (Å²) < 4.78 is 0. The summed E-state index contributed by atoms with van der Waals surface area (Å²) in [6.07, 6.45) is 3.83. The van der Waals surface area contributed by atoms with E-state index in [1.165, 1.54) is 0 Å². The second kappa shape index (κ2) is 12.2. The van der Waals surface area contributed by atoms with Crippen LogP contribution in [0.5, 0.6) is 0 Å². The lowest BCUT2D eigenvalue weighted by Gasteiger charge is -2.35. The number of aromatic nitrogens is 1. The number of likely N-dealkylation sites (tertiary alicyclic amines) is 1. The number of carbonyl (C=O) groups is 2. The van der Waals surface area contributed by atoms with Gasteiger partial charge >= 0.3 is 6.03 Å². The summed E-state index contributed by atoms with van der Waals surface area (Å²) in [6, 6.07) is 7.36. The molecule has 0 saturated carbocycles. The SMILES string of the molecule is CC(C)NC(=S)N1CCCCCC1=O.NC(=O)N1CCN(c2cc(N)nc3cc(Cl)ccc23)CC1. The predicted octanol–water partition coefficient (Wildman–Crippen LogP) is 3.34. The maximum atomic E-state index is 11.6. The van der Waals surface area contributed by atoms with Crippen molar-refractivity contribution in [3.05, 3.63) is 29.3 Å². The van der Waals surface area contributed by atoms with Gasteiger partial charge in [-0.1, -0.05) is 18.0 Å². The fourth-order valence-electron chi connectivity index (χ4n) is 4.15. The zero-order valence-corrected chi connectivity index (χ0v) is 21.9. The Morgan fingerprint density at radius 2 is 1.83 bits per heavy atom. The highest BCUT2D eigenvalue weighted by Gasteiger charge is 2.22. The first-order valence-electron chi connectivity index (χ1n) is 11.9. The Morgan fingerprint density at radius 3 is 2.49 bits per heavy atom. The molecular weight excluding hydrogens is 486 g/mol. The molecule has 2 fully saturated rings. The number of urea groups is 1.